The largest absolute Gasteiger partial charge is 0.391 e. The van der Waals surface area contributed by atoms with Gasteiger partial charge in [-0.05, 0) is 80.5 Å². The highest BCUT2D eigenvalue weighted by Crippen LogP contribution is 2.58. The molecule has 11 heteroatoms. The zero-order valence-electron chi connectivity index (χ0n) is 19.4. The Morgan fingerprint density at radius 3 is 2.31 bits per heavy atom. The minimum absolute atomic E-state index is 0.0375. The van der Waals surface area contributed by atoms with E-state index in [1.165, 1.54) is 40.7 Å². The predicted octanol–water partition coefficient (Wildman–Crippen LogP) is 5.36. The maximum atomic E-state index is 14.2. The van der Waals surface area contributed by atoms with Gasteiger partial charge >= 0.3 is 0 Å². The molecule has 1 aliphatic carbocycles. The van der Waals surface area contributed by atoms with Crippen molar-refractivity contribution < 1.29 is 27.1 Å². The lowest BCUT2D eigenvalue weighted by Crippen LogP contribution is -2.51. The van der Waals surface area contributed by atoms with Gasteiger partial charge in [-0.15, -0.1) is 0 Å². The van der Waals surface area contributed by atoms with Gasteiger partial charge in [0.1, 0.15) is 11.6 Å². The predicted molar refractivity (Wildman–Crippen MR) is 134 cm³/mol. The second-order valence-electron chi connectivity index (χ2n) is 9.78. The summed E-state index contributed by atoms with van der Waals surface area (Å²) in [7, 11) is -4.11. The van der Waals surface area contributed by atoms with E-state index in [1.54, 1.807) is 4.90 Å². The van der Waals surface area contributed by atoms with Gasteiger partial charge in [0.15, 0.2) is 0 Å². The number of carbonyl (C=O) groups is 1. The Morgan fingerprint density at radius 2 is 1.72 bits per heavy atom. The summed E-state index contributed by atoms with van der Waals surface area (Å²) in [5.74, 6) is -1.54. The van der Waals surface area contributed by atoms with Crippen molar-refractivity contribution in [1.82, 2.24) is 9.21 Å². The maximum Gasteiger partial charge on any atom is 0.282 e. The van der Waals surface area contributed by atoms with Gasteiger partial charge in [-0.1, -0.05) is 23.4 Å². The number of nitrogens with zero attached hydrogens (tertiary/aromatic N) is 2. The molecule has 3 fully saturated rings. The first-order valence-electron chi connectivity index (χ1n) is 12.0. The van der Waals surface area contributed by atoms with Gasteiger partial charge < -0.3 is 10.0 Å². The molecule has 0 radical (unpaired) electrons. The summed E-state index contributed by atoms with van der Waals surface area (Å²) in [5.41, 5.74) is 0.254. The van der Waals surface area contributed by atoms with E-state index in [9.17, 15) is 27.1 Å². The van der Waals surface area contributed by atoms with Crippen LogP contribution in [0.5, 0.6) is 0 Å². The lowest BCUT2D eigenvalue weighted by molar-refractivity contribution is 0.170. The second-order valence-corrected chi connectivity index (χ2v) is 13.4. The third kappa shape index (κ3) is 5.03. The molecule has 2 aliphatic heterocycles. The fraction of sp³-hybridized carbons (Fsp3) is 0.480. The molecule has 6 nitrogen and oxygen atoms in total. The number of hydrogen-bond donors (Lipinski definition) is 1. The molecule has 194 valence electrons. The number of thioether (sulfide) groups is 1. The molecule has 2 heterocycles. The molecule has 5 rings (SSSR count). The minimum Gasteiger partial charge on any atom is -0.391 e. The Bertz CT molecular complexity index is 1240. The van der Waals surface area contributed by atoms with Crippen molar-refractivity contribution in [2.75, 3.05) is 13.1 Å². The van der Waals surface area contributed by atoms with Crippen LogP contribution in [0.15, 0.2) is 47.4 Å². The molecule has 1 saturated carbocycles. The number of likely N-dealkylation sites (tertiary alicyclic amines) is 1. The molecular weight excluding hydrogens is 530 g/mol. The van der Waals surface area contributed by atoms with E-state index in [-0.39, 0.29) is 22.2 Å². The summed E-state index contributed by atoms with van der Waals surface area (Å²) in [6.07, 6.45) is 2.87. The highest BCUT2D eigenvalue weighted by Gasteiger charge is 2.58. The Morgan fingerprint density at radius 1 is 1.06 bits per heavy atom. The van der Waals surface area contributed by atoms with E-state index in [2.05, 4.69) is 0 Å². The minimum atomic E-state index is -4.11. The fourth-order valence-electron chi connectivity index (χ4n) is 5.39. The van der Waals surface area contributed by atoms with Crippen LogP contribution in [0.4, 0.5) is 13.6 Å². The highest BCUT2D eigenvalue weighted by molar-refractivity contribution is 8.15. The summed E-state index contributed by atoms with van der Waals surface area (Å²) in [6, 6.07) is 7.66. The van der Waals surface area contributed by atoms with Gasteiger partial charge in [0.25, 0.3) is 5.24 Å². The van der Waals surface area contributed by atoms with Crippen LogP contribution in [0.1, 0.15) is 50.1 Å². The summed E-state index contributed by atoms with van der Waals surface area (Å²) in [4.78, 5) is 14.7. The van der Waals surface area contributed by atoms with Crippen molar-refractivity contribution in [3.05, 3.63) is 64.7 Å². The molecule has 1 amide bonds. The Hall–Kier alpha value is -1.72. The van der Waals surface area contributed by atoms with E-state index in [1.807, 2.05) is 0 Å². The van der Waals surface area contributed by atoms with Crippen LogP contribution in [-0.2, 0) is 10.0 Å². The summed E-state index contributed by atoms with van der Waals surface area (Å²) in [6.45, 7) is 0.732. The number of halogens is 3. The number of aliphatic hydroxyl groups excluding tert-OH is 1. The molecule has 2 aromatic carbocycles. The Kier molecular flexibility index (Phi) is 7.10. The van der Waals surface area contributed by atoms with Gasteiger partial charge in [0, 0.05) is 35.0 Å². The molecule has 2 aromatic rings. The van der Waals surface area contributed by atoms with Crippen molar-refractivity contribution in [2.45, 2.75) is 66.4 Å². The number of hydrogen-bond acceptors (Lipinski definition) is 5. The van der Waals surface area contributed by atoms with E-state index in [4.69, 9.17) is 11.6 Å². The lowest BCUT2D eigenvalue weighted by Gasteiger charge is -2.44. The molecule has 0 spiro atoms. The molecule has 3 aliphatic rings. The third-order valence-corrected chi connectivity index (χ3v) is 11.0. The van der Waals surface area contributed by atoms with Crippen molar-refractivity contribution >= 4 is 38.6 Å². The maximum absolute atomic E-state index is 14.2. The summed E-state index contributed by atoms with van der Waals surface area (Å²) >= 11 is 7.13. The molecule has 0 bridgehead atoms. The van der Waals surface area contributed by atoms with E-state index in [0.717, 1.165) is 17.8 Å². The van der Waals surface area contributed by atoms with Crippen LogP contribution in [0.3, 0.4) is 0 Å². The van der Waals surface area contributed by atoms with Crippen LogP contribution < -0.4 is 0 Å². The fourth-order valence-corrected chi connectivity index (χ4v) is 8.83. The average molecular weight is 557 g/mol. The van der Waals surface area contributed by atoms with Crippen molar-refractivity contribution in [2.24, 2.45) is 0 Å². The van der Waals surface area contributed by atoms with Crippen LogP contribution in [0.2, 0.25) is 5.02 Å². The number of benzene rings is 2. The van der Waals surface area contributed by atoms with Crippen LogP contribution in [0, 0.1) is 11.6 Å². The summed E-state index contributed by atoms with van der Waals surface area (Å²) < 4.78 is 57.3. The molecule has 2 saturated heterocycles. The smallest absolute Gasteiger partial charge is 0.282 e. The van der Waals surface area contributed by atoms with E-state index >= 15 is 0 Å². The number of β-amino-alcohol motifs (C(OH)–C–C–N with tert-alkyl or cyclic N) is 1. The molecule has 36 heavy (non-hydrogen) atoms. The topological polar surface area (TPSA) is 77.9 Å². The van der Waals surface area contributed by atoms with Crippen molar-refractivity contribution in [3.8, 4) is 0 Å². The number of aliphatic hydroxyl groups is 1. The first-order chi connectivity index (χ1) is 17.1. The van der Waals surface area contributed by atoms with Crippen molar-refractivity contribution in [1.29, 1.82) is 0 Å². The first-order valence-corrected chi connectivity index (χ1v) is 14.6. The zero-order valence-corrected chi connectivity index (χ0v) is 21.8. The third-order valence-electron chi connectivity index (χ3n) is 7.29. The standard InChI is InChI=1S/C25H27ClF2N2O4S2/c26-17-4-6-21(7-5-17)36(33,34)30-22(16-12-18(27)14-19(28)13-16)2-1-3-23(30)25(9-10-25)35-24(32)29-11-8-20(31)15-29/h4-7,12-14,20,22-23,31H,1-3,8-11,15H2/t20-,22-,23+/m0/s1. The van der Waals surface area contributed by atoms with Gasteiger partial charge in [-0.2, -0.15) is 4.31 Å². The van der Waals surface area contributed by atoms with E-state index in [0.29, 0.717) is 50.1 Å². The lowest BCUT2D eigenvalue weighted by atomic mass is 9.91. The molecule has 0 aromatic heterocycles. The van der Waals surface area contributed by atoms with Gasteiger partial charge in [0.2, 0.25) is 10.0 Å². The normalized spacial score (nSPS) is 26.2. The number of piperidine rings is 1. The average Bonchev–Trinajstić information content (AvgIpc) is 3.48. The zero-order chi connectivity index (χ0) is 25.7. The van der Waals surface area contributed by atoms with Crippen LogP contribution in [-0.4, -0.2) is 58.0 Å². The highest BCUT2D eigenvalue weighted by atomic mass is 35.5. The number of carbonyl (C=O) groups excluding carboxylic acids is 1. The van der Waals surface area contributed by atoms with Crippen LogP contribution in [0.25, 0.3) is 0 Å². The summed E-state index contributed by atoms with van der Waals surface area (Å²) in [5, 5.41) is 10.1. The number of amides is 1. The molecule has 3 atom stereocenters. The number of rotatable bonds is 5. The second kappa shape index (κ2) is 9.87. The monoisotopic (exact) mass is 556 g/mol. The molecule has 0 unspecified atom stereocenters. The quantitative estimate of drug-likeness (QED) is 0.537. The Balaban J connectivity index is 1.54. The SMILES string of the molecule is O=C(SC1([C@H]2CCC[C@@H](c3cc(F)cc(F)c3)N2S(=O)(=O)c2ccc(Cl)cc2)CC1)N1CC[C@H](O)C1. The molecule has 1 N–H and O–H groups in total. The number of sulfonamides is 1. The van der Waals surface area contributed by atoms with Gasteiger partial charge in [-0.25, -0.2) is 17.2 Å². The van der Waals surface area contributed by atoms with Gasteiger partial charge in [0.05, 0.1) is 17.0 Å². The Labute approximate surface area is 218 Å². The first kappa shape index (κ1) is 25.9. The van der Waals surface area contributed by atoms with Crippen LogP contribution >= 0.6 is 23.4 Å². The van der Waals surface area contributed by atoms with E-state index < -0.39 is 44.6 Å². The van der Waals surface area contributed by atoms with Crippen molar-refractivity contribution in [3.63, 3.8) is 0 Å². The molecular formula is C25H27ClF2N2O4S2. The van der Waals surface area contributed by atoms with Gasteiger partial charge in [-0.3, -0.25) is 4.79 Å².